The summed E-state index contributed by atoms with van der Waals surface area (Å²) in [7, 11) is 0. The Morgan fingerprint density at radius 2 is 2.29 bits per heavy atom. The molecule has 0 radical (unpaired) electrons. The number of fused-ring (bicyclic) bond motifs is 2. The van der Waals surface area contributed by atoms with Crippen molar-refractivity contribution in [2.75, 3.05) is 13.1 Å². The van der Waals surface area contributed by atoms with Gasteiger partial charge in [0.25, 0.3) is 0 Å². The first-order valence-corrected chi connectivity index (χ1v) is 9.25. The zero-order chi connectivity index (χ0) is 14.4. The summed E-state index contributed by atoms with van der Waals surface area (Å²) in [5.74, 6) is 0. The van der Waals surface area contributed by atoms with E-state index in [4.69, 9.17) is 11.6 Å². The summed E-state index contributed by atoms with van der Waals surface area (Å²) in [5.41, 5.74) is 2.56. The van der Waals surface area contributed by atoms with Gasteiger partial charge in [-0.15, -0.1) is 11.3 Å². The highest BCUT2D eigenvalue weighted by Gasteiger charge is 2.32. The van der Waals surface area contributed by atoms with Crippen molar-refractivity contribution < 1.29 is 0 Å². The Kier molecular flexibility index (Phi) is 3.48. The van der Waals surface area contributed by atoms with Crippen LogP contribution in [0.25, 0.3) is 15.8 Å². The fraction of sp³-hybridized carbons (Fsp3) is 0.312. The summed E-state index contributed by atoms with van der Waals surface area (Å²) in [6.45, 7) is 4.12. The lowest BCUT2D eigenvalue weighted by atomic mass is 10.1. The van der Waals surface area contributed by atoms with Crippen LogP contribution in [-0.4, -0.2) is 23.2 Å². The predicted molar refractivity (Wildman–Crippen MR) is 95.3 cm³/mol. The van der Waals surface area contributed by atoms with Crippen LogP contribution in [0.2, 0.25) is 5.02 Å². The van der Waals surface area contributed by atoms with Crippen molar-refractivity contribution in [1.82, 2.24) is 4.90 Å². The number of amidine groups is 1. The number of allylic oxidation sites excluding steroid dienone is 1. The van der Waals surface area contributed by atoms with Crippen LogP contribution in [0.5, 0.6) is 0 Å². The van der Waals surface area contributed by atoms with E-state index < -0.39 is 0 Å². The molecule has 1 aromatic heterocycles. The van der Waals surface area contributed by atoms with Crippen LogP contribution in [0.3, 0.4) is 0 Å². The summed E-state index contributed by atoms with van der Waals surface area (Å²) >= 11 is 10.0. The second kappa shape index (κ2) is 5.34. The standard InChI is InChI=1S/C16H15ClN2S2/c1-2-3-13-14(19-6-5-18-16(19)21-13)11-8-10-4-7-20-15(10)12(17)9-11/h4,7-9H,2-3,5-6H2,1H3. The molecule has 0 unspecified atom stereocenters. The maximum atomic E-state index is 6.48. The van der Waals surface area contributed by atoms with E-state index in [9.17, 15) is 0 Å². The van der Waals surface area contributed by atoms with E-state index in [-0.39, 0.29) is 0 Å². The van der Waals surface area contributed by atoms with Crippen LogP contribution < -0.4 is 0 Å². The Bertz CT molecular complexity index is 776. The number of halogens is 1. The van der Waals surface area contributed by atoms with Crippen molar-refractivity contribution in [2.45, 2.75) is 19.8 Å². The van der Waals surface area contributed by atoms with Crippen LogP contribution in [-0.2, 0) is 0 Å². The van der Waals surface area contributed by atoms with E-state index in [2.05, 4.69) is 40.4 Å². The minimum Gasteiger partial charge on any atom is -0.318 e. The van der Waals surface area contributed by atoms with E-state index >= 15 is 0 Å². The molecular formula is C16H15ClN2S2. The average Bonchev–Trinajstić information content (AvgIpc) is 3.13. The van der Waals surface area contributed by atoms with E-state index in [1.54, 1.807) is 11.3 Å². The smallest absolute Gasteiger partial charge is 0.168 e. The monoisotopic (exact) mass is 334 g/mol. The summed E-state index contributed by atoms with van der Waals surface area (Å²) in [4.78, 5) is 8.41. The number of thiophene rings is 1. The molecule has 0 saturated heterocycles. The molecule has 2 aliphatic rings. The Balaban J connectivity index is 1.87. The third-order valence-electron chi connectivity index (χ3n) is 3.81. The van der Waals surface area contributed by atoms with Gasteiger partial charge in [-0.05, 0) is 35.4 Å². The molecule has 21 heavy (non-hydrogen) atoms. The molecule has 108 valence electrons. The molecule has 5 heteroatoms. The highest BCUT2D eigenvalue weighted by molar-refractivity contribution is 8.17. The SMILES string of the molecule is CCCC1=C(c2cc(Cl)c3sccc3c2)N2CCN=C2S1. The van der Waals surface area contributed by atoms with Gasteiger partial charge in [0.1, 0.15) is 0 Å². The molecule has 3 heterocycles. The molecule has 0 fully saturated rings. The fourth-order valence-corrected chi connectivity index (χ4v) is 5.36. The van der Waals surface area contributed by atoms with Crippen LogP contribution >= 0.6 is 34.7 Å². The molecule has 0 bridgehead atoms. The third kappa shape index (κ3) is 2.20. The van der Waals surface area contributed by atoms with Crippen molar-refractivity contribution in [3.05, 3.63) is 39.1 Å². The molecule has 0 atom stereocenters. The van der Waals surface area contributed by atoms with Crippen LogP contribution in [0.1, 0.15) is 25.3 Å². The molecule has 1 aromatic carbocycles. The largest absolute Gasteiger partial charge is 0.318 e. The zero-order valence-corrected chi connectivity index (χ0v) is 14.1. The Hall–Kier alpha value is -0.970. The summed E-state index contributed by atoms with van der Waals surface area (Å²) in [6.07, 6.45) is 2.26. The van der Waals surface area contributed by atoms with Gasteiger partial charge in [-0.2, -0.15) is 0 Å². The topological polar surface area (TPSA) is 15.6 Å². The summed E-state index contributed by atoms with van der Waals surface area (Å²) in [5, 5.41) is 5.36. The van der Waals surface area contributed by atoms with Crippen LogP contribution in [0.15, 0.2) is 33.5 Å². The van der Waals surface area contributed by atoms with Gasteiger partial charge in [-0.3, -0.25) is 4.99 Å². The van der Waals surface area contributed by atoms with Crippen LogP contribution in [0.4, 0.5) is 0 Å². The number of hydrogen-bond acceptors (Lipinski definition) is 4. The third-order valence-corrected chi connectivity index (χ3v) is 6.36. The summed E-state index contributed by atoms with van der Waals surface area (Å²) in [6, 6.07) is 6.54. The second-order valence-electron chi connectivity index (χ2n) is 5.24. The first-order valence-electron chi connectivity index (χ1n) is 7.18. The van der Waals surface area contributed by atoms with Gasteiger partial charge in [-0.25, -0.2) is 0 Å². The van der Waals surface area contributed by atoms with Gasteiger partial charge < -0.3 is 4.90 Å². The average molecular weight is 335 g/mol. The van der Waals surface area contributed by atoms with Crippen molar-refractivity contribution in [1.29, 1.82) is 0 Å². The molecule has 2 aromatic rings. The highest BCUT2D eigenvalue weighted by atomic mass is 35.5. The maximum absolute atomic E-state index is 6.48. The maximum Gasteiger partial charge on any atom is 0.168 e. The predicted octanol–water partition coefficient (Wildman–Crippen LogP) is 5.44. The zero-order valence-electron chi connectivity index (χ0n) is 11.7. The van der Waals surface area contributed by atoms with Gasteiger partial charge in [0.2, 0.25) is 0 Å². The number of rotatable bonds is 3. The van der Waals surface area contributed by atoms with Crippen molar-refractivity contribution in [2.24, 2.45) is 4.99 Å². The van der Waals surface area contributed by atoms with E-state index in [1.165, 1.54) is 26.3 Å². The molecule has 0 N–H and O–H groups in total. The number of nitrogens with zero attached hydrogens (tertiary/aromatic N) is 2. The molecule has 4 rings (SSSR count). The number of thioether (sulfide) groups is 1. The highest BCUT2D eigenvalue weighted by Crippen LogP contribution is 2.45. The van der Waals surface area contributed by atoms with Crippen molar-refractivity contribution in [3.8, 4) is 0 Å². The van der Waals surface area contributed by atoms with Gasteiger partial charge in [0.15, 0.2) is 5.17 Å². The molecular weight excluding hydrogens is 320 g/mol. The fourth-order valence-electron chi connectivity index (χ4n) is 2.92. The minimum absolute atomic E-state index is 0.857. The molecule has 2 nitrogen and oxygen atoms in total. The second-order valence-corrected chi connectivity index (χ2v) is 7.62. The lowest BCUT2D eigenvalue weighted by Crippen LogP contribution is -2.20. The van der Waals surface area contributed by atoms with Gasteiger partial charge in [-0.1, -0.05) is 36.7 Å². The Morgan fingerprint density at radius 3 is 3.14 bits per heavy atom. The normalized spacial score (nSPS) is 17.8. The first kappa shape index (κ1) is 13.7. The molecule has 0 amide bonds. The first-order chi connectivity index (χ1) is 10.3. The Labute approximate surface area is 137 Å². The van der Waals surface area contributed by atoms with Crippen molar-refractivity contribution >= 4 is 55.7 Å². The molecule has 2 aliphatic heterocycles. The lowest BCUT2D eigenvalue weighted by molar-refractivity contribution is 0.646. The Morgan fingerprint density at radius 1 is 1.38 bits per heavy atom. The van der Waals surface area contributed by atoms with E-state index in [0.29, 0.717) is 0 Å². The molecule has 0 aliphatic carbocycles. The number of hydrogen-bond donors (Lipinski definition) is 0. The molecule has 0 saturated carbocycles. The molecule has 0 spiro atoms. The van der Waals surface area contributed by atoms with Gasteiger partial charge in [0.05, 0.1) is 22.0 Å². The van der Waals surface area contributed by atoms with Crippen LogP contribution in [0, 0.1) is 0 Å². The van der Waals surface area contributed by atoms with Crippen molar-refractivity contribution in [3.63, 3.8) is 0 Å². The van der Waals surface area contributed by atoms with E-state index in [0.717, 1.165) is 36.1 Å². The number of aliphatic imine (C=N–C) groups is 1. The van der Waals surface area contributed by atoms with Gasteiger partial charge >= 0.3 is 0 Å². The quantitative estimate of drug-likeness (QED) is 0.742. The van der Waals surface area contributed by atoms with E-state index in [1.807, 2.05) is 11.8 Å². The minimum atomic E-state index is 0.857. The lowest BCUT2D eigenvalue weighted by Gasteiger charge is -2.18. The summed E-state index contributed by atoms with van der Waals surface area (Å²) < 4.78 is 1.18. The number of benzene rings is 1. The van der Waals surface area contributed by atoms with Gasteiger partial charge in [0, 0.05) is 17.0 Å².